The van der Waals surface area contributed by atoms with Crippen molar-refractivity contribution in [2.45, 2.75) is 38.6 Å². The minimum atomic E-state index is 0.0642. The van der Waals surface area contributed by atoms with E-state index in [0.29, 0.717) is 39.3 Å². The predicted octanol–water partition coefficient (Wildman–Crippen LogP) is 1.91. The first-order valence-electron chi connectivity index (χ1n) is 11.9. The SMILES string of the molecule is Cc1nc(C2CCCN(C(=O)CN3CCOCC3)C2)nc2c1CC(=O)N2Cc1ccccc1. The summed E-state index contributed by atoms with van der Waals surface area (Å²) in [5.41, 5.74) is 2.88. The van der Waals surface area contributed by atoms with E-state index in [-0.39, 0.29) is 17.7 Å². The Morgan fingerprint density at radius 1 is 1.12 bits per heavy atom. The third kappa shape index (κ3) is 4.77. The van der Waals surface area contributed by atoms with E-state index >= 15 is 0 Å². The second-order valence-electron chi connectivity index (χ2n) is 9.18. The molecule has 33 heavy (non-hydrogen) atoms. The lowest BCUT2D eigenvalue weighted by atomic mass is 9.96. The molecule has 2 fully saturated rings. The van der Waals surface area contributed by atoms with E-state index < -0.39 is 0 Å². The molecule has 0 radical (unpaired) electrons. The molecule has 0 spiro atoms. The van der Waals surface area contributed by atoms with Crippen molar-refractivity contribution in [3.05, 3.63) is 53.0 Å². The van der Waals surface area contributed by atoms with E-state index in [1.165, 1.54) is 0 Å². The van der Waals surface area contributed by atoms with Gasteiger partial charge in [-0.1, -0.05) is 30.3 Å². The van der Waals surface area contributed by atoms with E-state index in [2.05, 4.69) is 4.90 Å². The molecule has 0 bridgehead atoms. The number of aromatic nitrogens is 2. The van der Waals surface area contributed by atoms with Crippen LogP contribution in [-0.2, 0) is 27.3 Å². The first-order valence-corrected chi connectivity index (χ1v) is 11.9. The fraction of sp³-hybridized carbons (Fsp3) is 0.520. The van der Waals surface area contributed by atoms with Crippen molar-refractivity contribution in [2.24, 2.45) is 0 Å². The average Bonchev–Trinajstić information content (AvgIpc) is 3.16. The Hall–Kier alpha value is -2.84. The molecule has 3 aliphatic rings. The van der Waals surface area contributed by atoms with E-state index in [4.69, 9.17) is 14.7 Å². The lowest BCUT2D eigenvalue weighted by Crippen LogP contribution is -2.47. The van der Waals surface area contributed by atoms with Crippen LogP contribution in [0, 0.1) is 6.92 Å². The number of hydrogen-bond acceptors (Lipinski definition) is 6. The second kappa shape index (κ2) is 9.57. The monoisotopic (exact) mass is 449 g/mol. The number of nitrogens with zero attached hydrogens (tertiary/aromatic N) is 5. The van der Waals surface area contributed by atoms with Crippen LogP contribution in [0.15, 0.2) is 30.3 Å². The van der Waals surface area contributed by atoms with Gasteiger partial charge >= 0.3 is 0 Å². The van der Waals surface area contributed by atoms with Crippen molar-refractivity contribution >= 4 is 17.6 Å². The molecule has 1 aromatic heterocycles. The van der Waals surface area contributed by atoms with Crippen molar-refractivity contribution in [2.75, 3.05) is 50.8 Å². The topological polar surface area (TPSA) is 78.9 Å². The quantitative estimate of drug-likeness (QED) is 0.694. The number of hydrogen-bond donors (Lipinski definition) is 0. The van der Waals surface area contributed by atoms with E-state index in [9.17, 15) is 9.59 Å². The number of carbonyl (C=O) groups excluding carboxylic acids is 2. The van der Waals surface area contributed by atoms with Crippen LogP contribution in [0.1, 0.15) is 41.4 Å². The summed E-state index contributed by atoms with van der Waals surface area (Å²) in [4.78, 5) is 41.4. The standard InChI is InChI=1S/C25H31N5O3/c1-18-21-14-22(31)30(15-19-6-3-2-4-7-19)25(21)27-24(26-18)20-8-5-9-29(16-20)23(32)17-28-10-12-33-13-11-28/h2-4,6-7,20H,5,8-17H2,1H3. The highest BCUT2D eigenvalue weighted by Gasteiger charge is 2.34. The van der Waals surface area contributed by atoms with Gasteiger partial charge in [0.25, 0.3) is 0 Å². The summed E-state index contributed by atoms with van der Waals surface area (Å²) in [7, 11) is 0. The maximum Gasteiger partial charge on any atom is 0.236 e. The summed E-state index contributed by atoms with van der Waals surface area (Å²) in [6, 6.07) is 10.00. The summed E-state index contributed by atoms with van der Waals surface area (Å²) in [6.07, 6.45) is 2.24. The maximum atomic E-state index is 12.9. The van der Waals surface area contributed by atoms with Crippen LogP contribution in [0.3, 0.4) is 0 Å². The zero-order valence-corrected chi connectivity index (χ0v) is 19.2. The summed E-state index contributed by atoms with van der Waals surface area (Å²) in [5, 5.41) is 0. The Balaban J connectivity index is 1.32. The molecule has 1 unspecified atom stereocenters. The Morgan fingerprint density at radius 2 is 1.91 bits per heavy atom. The van der Waals surface area contributed by atoms with E-state index in [1.807, 2.05) is 42.2 Å². The fourth-order valence-electron chi connectivity index (χ4n) is 4.97. The molecule has 1 aromatic carbocycles. The minimum Gasteiger partial charge on any atom is -0.379 e. The second-order valence-corrected chi connectivity index (χ2v) is 9.18. The third-order valence-corrected chi connectivity index (χ3v) is 6.88. The van der Waals surface area contributed by atoms with Crippen molar-refractivity contribution in [1.82, 2.24) is 19.8 Å². The first kappa shape index (κ1) is 22.0. The number of anilines is 1. The van der Waals surface area contributed by atoms with Gasteiger partial charge in [-0.2, -0.15) is 0 Å². The molecule has 4 heterocycles. The summed E-state index contributed by atoms with van der Waals surface area (Å²) < 4.78 is 5.39. The lowest BCUT2D eigenvalue weighted by molar-refractivity contribution is -0.134. The van der Waals surface area contributed by atoms with Gasteiger partial charge < -0.3 is 9.64 Å². The molecule has 2 aromatic rings. The largest absolute Gasteiger partial charge is 0.379 e. The number of rotatable bonds is 5. The molecule has 3 aliphatic heterocycles. The predicted molar refractivity (Wildman–Crippen MR) is 124 cm³/mol. The van der Waals surface area contributed by atoms with E-state index in [0.717, 1.165) is 60.9 Å². The molecule has 2 saturated heterocycles. The van der Waals surface area contributed by atoms with Crippen LogP contribution in [0.2, 0.25) is 0 Å². The molecule has 8 heteroatoms. The highest BCUT2D eigenvalue weighted by molar-refractivity contribution is 6.00. The number of fused-ring (bicyclic) bond motifs is 1. The van der Waals surface area contributed by atoms with Crippen molar-refractivity contribution in [3.8, 4) is 0 Å². The van der Waals surface area contributed by atoms with Gasteiger partial charge in [-0.25, -0.2) is 9.97 Å². The number of likely N-dealkylation sites (tertiary alicyclic amines) is 1. The number of benzene rings is 1. The van der Waals surface area contributed by atoms with E-state index in [1.54, 1.807) is 4.90 Å². The zero-order chi connectivity index (χ0) is 22.8. The van der Waals surface area contributed by atoms with Gasteiger partial charge in [0.2, 0.25) is 11.8 Å². The molecule has 1 atom stereocenters. The normalized spacial score (nSPS) is 21.4. The lowest BCUT2D eigenvalue weighted by Gasteiger charge is -2.34. The van der Waals surface area contributed by atoms with Crippen LogP contribution < -0.4 is 4.90 Å². The van der Waals surface area contributed by atoms with Crippen LogP contribution in [0.5, 0.6) is 0 Å². The minimum absolute atomic E-state index is 0.0642. The summed E-state index contributed by atoms with van der Waals surface area (Å²) >= 11 is 0. The van der Waals surface area contributed by atoms with Crippen molar-refractivity contribution in [1.29, 1.82) is 0 Å². The van der Waals surface area contributed by atoms with Gasteiger partial charge in [0.15, 0.2) is 0 Å². The number of aryl methyl sites for hydroxylation is 1. The van der Waals surface area contributed by atoms with Crippen LogP contribution in [0.4, 0.5) is 5.82 Å². The van der Waals surface area contributed by atoms with Crippen molar-refractivity contribution in [3.63, 3.8) is 0 Å². The Morgan fingerprint density at radius 3 is 2.70 bits per heavy atom. The number of ether oxygens (including phenoxy) is 1. The zero-order valence-electron chi connectivity index (χ0n) is 19.2. The van der Waals surface area contributed by atoms with Gasteiger partial charge in [0.1, 0.15) is 11.6 Å². The fourth-order valence-corrected chi connectivity index (χ4v) is 4.97. The van der Waals surface area contributed by atoms with Crippen LogP contribution in [-0.4, -0.2) is 77.5 Å². The molecular formula is C25H31N5O3. The number of carbonyl (C=O) groups is 2. The van der Waals surface area contributed by atoms with Gasteiger partial charge in [-0.05, 0) is 25.3 Å². The van der Waals surface area contributed by atoms with Gasteiger partial charge in [0, 0.05) is 43.4 Å². The third-order valence-electron chi connectivity index (χ3n) is 6.88. The molecule has 8 nitrogen and oxygen atoms in total. The molecule has 0 aliphatic carbocycles. The van der Waals surface area contributed by atoms with Gasteiger partial charge in [-0.3, -0.25) is 19.4 Å². The van der Waals surface area contributed by atoms with Crippen LogP contribution in [0.25, 0.3) is 0 Å². The first-order chi connectivity index (χ1) is 16.1. The maximum absolute atomic E-state index is 12.9. The Bertz CT molecular complexity index is 1020. The summed E-state index contributed by atoms with van der Waals surface area (Å²) in [5.74, 6) is 1.81. The molecule has 0 N–H and O–H groups in total. The van der Waals surface area contributed by atoms with Crippen molar-refractivity contribution < 1.29 is 14.3 Å². The molecular weight excluding hydrogens is 418 g/mol. The Kier molecular flexibility index (Phi) is 6.37. The Labute approximate surface area is 194 Å². The molecule has 174 valence electrons. The highest BCUT2D eigenvalue weighted by Crippen LogP contribution is 2.33. The average molecular weight is 450 g/mol. The highest BCUT2D eigenvalue weighted by atomic mass is 16.5. The molecule has 5 rings (SSSR count). The number of piperidine rings is 1. The molecule has 2 amide bonds. The van der Waals surface area contributed by atoms with Gasteiger partial charge in [0.05, 0.1) is 32.7 Å². The number of morpholine rings is 1. The summed E-state index contributed by atoms with van der Waals surface area (Å²) in [6.45, 7) is 7.33. The van der Waals surface area contributed by atoms with Crippen LogP contribution >= 0.6 is 0 Å². The molecule has 0 saturated carbocycles. The van der Waals surface area contributed by atoms with Gasteiger partial charge in [-0.15, -0.1) is 0 Å². The smallest absolute Gasteiger partial charge is 0.236 e. The number of amides is 2.